The maximum Gasteiger partial charge on any atom is 0.336 e. The van der Waals surface area contributed by atoms with Crippen LogP contribution in [0.2, 0.25) is 0 Å². The molecule has 94 valence electrons. The molecule has 0 fully saturated rings. The van der Waals surface area contributed by atoms with E-state index in [1.165, 1.54) is 0 Å². The van der Waals surface area contributed by atoms with E-state index in [1.807, 2.05) is 26.1 Å². The van der Waals surface area contributed by atoms with Gasteiger partial charge in [0.25, 0.3) is 0 Å². The summed E-state index contributed by atoms with van der Waals surface area (Å²) in [6.07, 6.45) is 1.84. The van der Waals surface area contributed by atoms with Crippen LogP contribution in [0.15, 0.2) is 24.4 Å². The average Bonchev–Trinajstić information content (AvgIpc) is 2.73. The van der Waals surface area contributed by atoms with Gasteiger partial charge < -0.3 is 10.4 Å². The van der Waals surface area contributed by atoms with Gasteiger partial charge in [-0.05, 0) is 31.5 Å². The van der Waals surface area contributed by atoms with Crippen molar-refractivity contribution >= 4 is 23.0 Å². The van der Waals surface area contributed by atoms with Gasteiger partial charge in [-0.3, -0.25) is 0 Å². The summed E-state index contributed by atoms with van der Waals surface area (Å²) in [6, 6.07) is 5.24. The number of aromatic carboxylic acids is 1. The fraction of sp³-hybridized carbons (Fsp3) is 0.231. The number of nitrogens with one attached hydrogen (secondary N) is 1. The van der Waals surface area contributed by atoms with E-state index in [-0.39, 0.29) is 0 Å². The lowest BCUT2D eigenvalue weighted by Gasteiger charge is -2.10. The Kier molecular flexibility index (Phi) is 3.62. The molecule has 2 aromatic rings. The van der Waals surface area contributed by atoms with Gasteiger partial charge in [0, 0.05) is 16.8 Å². The summed E-state index contributed by atoms with van der Waals surface area (Å²) in [7, 11) is 0. The van der Waals surface area contributed by atoms with Crippen LogP contribution in [0.25, 0.3) is 0 Å². The lowest BCUT2D eigenvalue weighted by atomic mass is 10.1. The smallest absolute Gasteiger partial charge is 0.336 e. The molecular weight excluding hydrogens is 248 g/mol. The number of carboxylic acid groups (broad SMARTS) is 1. The highest BCUT2D eigenvalue weighted by atomic mass is 32.1. The Hall–Kier alpha value is -1.88. The van der Waals surface area contributed by atoms with Crippen LogP contribution in [-0.4, -0.2) is 16.1 Å². The van der Waals surface area contributed by atoms with Gasteiger partial charge in [0.1, 0.15) is 0 Å². The second-order valence-corrected chi connectivity index (χ2v) is 5.30. The van der Waals surface area contributed by atoms with Crippen molar-refractivity contribution in [1.82, 2.24) is 4.98 Å². The third kappa shape index (κ3) is 2.68. The molecule has 0 radical (unpaired) electrons. The second kappa shape index (κ2) is 5.18. The van der Waals surface area contributed by atoms with Crippen LogP contribution in [0.5, 0.6) is 0 Å². The number of hydrogen-bond donors (Lipinski definition) is 2. The molecule has 0 aliphatic heterocycles. The molecule has 0 saturated carbocycles. The van der Waals surface area contributed by atoms with Crippen molar-refractivity contribution in [1.29, 1.82) is 0 Å². The van der Waals surface area contributed by atoms with Gasteiger partial charge >= 0.3 is 5.97 Å². The highest BCUT2D eigenvalue weighted by molar-refractivity contribution is 7.11. The molecule has 0 bridgehead atoms. The summed E-state index contributed by atoms with van der Waals surface area (Å²) >= 11 is 1.63. The molecule has 0 spiro atoms. The first-order valence-electron chi connectivity index (χ1n) is 5.56. The fourth-order valence-corrected chi connectivity index (χ4v) is 2.46. The molecule has 1 heterocycles. The first-order valence-corrected chi connectivity index (χ1v) is 6.37. The third-order valence-electron chi connectivity index (χ3n) is 2.69. The normalized spacial score (nSPS) is 10.3. The third-order valence-corrected chi connectivity index (χ3v) is 3.60. The van der Waals surface area contributed by atoms with Crippen LogP contribution in [0.1, 0.15) is 25.8 Å². The van der Waals surface area contributed by atoms with E-state index in [9.17, 15) is 4.79 Å². The maximum atomic E-state index is 11.0. The predicted molar refractivity (Wildman–Crippen MR) is 72.3 cm³/mol. The zero-order valence-corrected chi connectivity index (χ0v) is 11.0. The largest absolute Gasteiger partial charge is 0.478 e. The van der Waals surface area contributed by atoms with Crippen molar-refractivity contribution in [2.75, 3.05) is 5.32 Å². The highest BCUT2D eigenvalue weighted by Gasteiger charge is 2.09. The zero-order valence-electron chi connectivity index (χ0n) is 10.2. The Morgan fingerprint density at radius 3 is 2.83 bits per heavy atom. The van der Waals surface area contributed by atoms with Gasteiger partial charge in [0.2, 0.25) is 0 Å². The fourth-order valence-electron chi connectivity index (χ4n) is 1.73. The molecule has 5 heteroatoms. The second-order valence-electron chi connectivity index (χ2n) is 3.98. The van der Waals surface area contributed by atoms with Crippen molar-refractivity contribution in [3.05, 3.63) is 45.4 Å². The zero-order chi connectivity index (χ0) is 13.1. The Bertz CT molecular complexity index is 578. The van der Waals surface area contributed by atoms with Crippen molar-refractivity contribution < 1.29 is 9.90 Å². The van der Waals surface area contributed by atoms with E-state index in [2.05, 4.69) is 10.3 Å². The number of aromatic nitrogens is 1. The lowest BCUT2D eigenvalue weighted by molar-refractivity contribution is 0.0696. The van der Waals surface area contributed by atoms with Gasteiger partial charge in [0.15, 0.2) is 0 Å². The van der Waals surface area contributed by atoms with Crippen molar-refractivity contribution in [2.45, 2.75) is 20.4 Å². The van der Waals surface area contributed by atoms with Crippen LogP contribution in [0.3, 0.4) is 0 Å². The number of carboxylic acids is 1. The minimum absolute atomic E-state index is 0.334. The summed E-state index contributed by atoms with van der Waals surface area (Å²) in [5.74, 6) is -0.898. The monoisotopic (exact) mass is 262 g/mol. The molecule has 18 heavy (non-hydrogen) atoms. The highest BCUT2D eigenvalue weighted by Crippen LogP contribution is 2.21. The Morgan fingerprint density at radius 2 is 2.22 bits per heavy atom. The molecular formula is C13H14N2O2S. The van der Waals surface area contributed by atoms with Crippen molar-refractivity contribution in [2.24, 2.45) is 0 Å². The van der Waals surface area contributed by atoms with Gasteiger partial charge in [-0.25, -0.2) is 9.78 Å². The number of benzene rings is 1. The van der Waals surface area contributed by atoms with E-state index >= 15 is 0 Å². The Balaban J connectivity index is 2.14. The van der Waals surface area contributed by atoms with E-state index in [0.717, 1.165) is 21.1 Å². The molecule has 0 aliphatic rings. The van der Waals surface area contributed by atoms with Gasteiger partial charge in [0.05, 0.1) is 17.1 Å². The maximum absolute atomic E-state index is 11.0. The van der Waals surface area contributed by atoms with Crippen LogP contribution < -0.4 is 5.32 Å². The summed E-state index contributed by atoms with van der Waals surface area (Å²) < 4.78 is 0. The first-order chi connectivity index (χ1) is 8.58. The summed E-state index contributed by atoms with van der Waals surface area (Å²) in [5.41, 5.74) is 1.94. The number of hydrogen-bond acceptors (Lipinski definition) is 4. The minimum atomic E-state index is -0.898. The van der Waals surface area contributed by atoms with Crippen LogP contribution >= 0.6 is 11.3 Å². The molecule has 2 N–H and O–H groups in total. The summed E-state index contributed by atoms with van der Waals surface area (Å²) in [4.78, 5) is 16.3. The first kappa shape index (κ1) is 12.6. The number of carbonyl (C=O) groups is 1. The summed E-state index contributed by atoms with van der Waals surface area (Å²) in [5, 5.41) is 13.3. The summed E-state index contributed by atoms with van der Waals surface area (Å²) in [6.45, 7) is 4.43. The van der Waals surface area contributed by atoms with Gasteiger partial charge in [-0.15, -0.1) is 11.3 Å². The van der Waals surface area contributed by atoms with Crippen LogP contribution in [0.4, 0.5) is 5.69 Å². The molecule has 1 aromatic carbocycles. The molecule has 4 nitrogen and oxygen atoms in total. The van der Waals surface area contributed by atoms with Crippen molar-refractivity contribution in [3.8, 4) is 0 Å². The van der Waals surface area contributed by atoms with Gasteiger partial charge in [-0.1, -0.05) is 6.07 Å². The van der Waals surface area contributed by atoms with E-state index < -0.39 is 5.97 Å². The van der Waals surface area contributed by atoms with Crippen LogP contribution in [0, 0.1) is 13.8 Å². The van der Waals surface area contributed by atoms with Gasteiger partial charge in [-0.2, -0.15) is 0 Å². The molecule has 0 amide bonds. The van der Waals surface area contributed by atoms with E-state index in [0.29, 0.717) is 12.1 Å². The topological polar surface area (TPSA) is 62.2 Å². The number of thiazole rings is 1. The minimum Gasteiger partial charge on any atom is -0.478 e. The number of rotatable bonds is 4. The Labute approximate surface area is 109 Å². The molecule has 0 aliphatic carbocycles. The average molecular weight is 262 g/mol. The number of aryl methyl sites for hydroxylation is 1. The predicted octanol–water partition coefficient (Wildman–Crippen LogP) is 3.07. The Morgan fingerprint density at radius 1 is 1.44 bits per heavy atom. The standard InChI is InChI=1S/C13H14N2O2S/c1-8-11(13(16)17)4-3-5-12(8)15-7-10-6-14-9(2)18-10/h3-6,15H,7H2,1-2H3,(H,16,17). The van der Waals surface area contributed by atoms with E-state index in [4.69, 9.17) is 5.11 Å². The molecule has 0 saturated heterocycles. The molecule has 2 rings (SSSR count). The van der Waals surface area contributed by atoms with Crippen molar-refractivity contribution in [3.63, 3.8) is 0 Å². The lowest BCUT2D eigenvalue weighted by Crippen LogP contribution is -2.05. The molecule has 0 unspecified atom stereocenters. The number of anilines is 1. The molecule has 1 aromatic heterocycles. The quantitative estimate of drug-likeness (QED) is 0.889. The SMILES string of the molecule is Cc1ncc(CNc2cccc(C(=O)O)c2C)s1. The molecule has 0 atom stereocenters. The van der Waals surface area contributed by atoms with Crippen LogP contribution in [-0.2, 0) is 6.54 Å². The van der Waals surface area contributed by atoms with E-state index in [1.54, 1.807) is 23.5 Å². The number of nitrogens with zero attached hydrogens (tertiary/aromatic N) is 1.